The minimum atomic E-state index is -0.777. The lowest BCUT2D eigenvalue weighted by Gasteiger charge is -2.26. The summed E-state index contributed by atoms with van der Waals surface area (Å²) in [5, 5.41) is 2.85. The summed E-state index contributed by atoms with van der Waals surface area (Å²) >= 11 is 9.64. The van der Waals surface area contributed by atoms with Gasteiger partial charge < -0.3 is 4.74 Å². The number of benzene rings is 3. The average Bonchev–Trinajstić information content (AvgIpc) is 2.82. The summed E-state index contributed by atoms with van der Waals surface area (Å²) in [5.74, 6) is -0.853. The van der Waals surface area contributed by atoms with E-state index < -0.39 is 17.8 Å². The molecule has 1 aliphatic heterocycles. The number of nitrogens with zero attached hydrogens (tertiary/aromatic N) is 1. The van der Waals surface area contributed by atoms with Crippen LogP contribution in [-0.4, -0.2) is 17.8 Å². The van der Waals surface area contributed by atoms with Gasteiger partial charge in [0.05, 0.1) is 10.2 Å². The van der Waals surface area contributed by atoms with Gasteiger partial charge in [0.15, 0.2) is 0 Å². The summed E-state index contributed by atoms with van der Waals surface area (Å²) in [5.41, 5.74) is 2.76. The van der Waals surface area contributed by atoms with Crippen LogP contribution in [0.25, 0.3) is 6.08 Å². The second-order valence-corrected chi connectivity index (χ2v) is 8.81. The van der Waals surface area contributed by atoms with E-state index in [2.05, 4.69) is 21.2 Å². The number of ether oxygens (including phenoxy) is 1. The second kappa shape index (κ2) is 10.2. The highest BCUT2D eigenvalue weighted by Crippen LogP contribution is 2.29. The number of carbonyl (C=O) groups excluding carboxylic acids is 3. The summed E-state index contributed by atoms with van der Waals surface area (Å²) in [6.07, 6.45) is 2.27. The average molecular weight is 540 g/mol. The lowest BCUT2D eigenvalue weighted by atomic mass is 10.1. The Morgan fingerprint density at radius 1 is 1.03 bits per heavy atom. The zero-order valence-electron chi connectivity index (χ0n) is 18.2. The Balaban J connectivity index is 1.56. The molecule has 0 saturated carbocycles. The van der Waals surface area contributed by atoms with Gasteiger partial charge in [0.25, 0.3) is 11.8 Å². The zero-order chi connectivity index (χ0) is 24.2. The Hall–Kier alpha value is -3.42. The molecule has 34 heavy (non-hydrogen) atoms. The molecule has 0 aromatic heterocycles. The molecular weight excluding hydrogens is 520 g/mol. The monoisotopic (exact) mass is 538 g/mol. The Bertz CT molecular complexity index is 1300. The van der Waals surface area contributed by atoms with E-state index in [1.807, 2.05) is 37.3 Å². The fourth-order valence-corrected chi connectivity index (χ4v) is 4.14. The minimum absolute atomic E-state index is 0.143. The van der Waals surface area contributed by atoms with Crippen molar-refractivity contribution in [2.75, 3.05) is 4.90 Å². The third kappa shape index (κ3) is 5.05. The summed E-state index contributed by atoms with van der Waals surface area (Å²) in [6, 6.07) is 18.9. The van der Waals surface area contributed by atoms with Crippen molar-refractivity contribution in [2.45, 2.75) is 20.0 Å². The number of imide groups is 2. The molecule has 0 radical (unpaired) electrons. The van der Waals surface area contributed by atoms with Crippen molar-refractivity contribution in [1.82, 2.24) is 5.32 Å². The van der Waals surface area contributed by atoms with E-state index in [0.717, 1.165) is 22.4 Å². The standard InChI is InChI=1S/C26H20BrClN2O4/c1-2-16-7-10-19(11-8-16)30-25(32)20(24(31)29-26(30)33)13-17-9-12-23(21(27)14-17)34-15-18-5-3-4-6-22(18)28/h3-14H,2,15H2,1H3,(H,29,31,33)/b20-13-. The number of hydrogen-bond donors (Lipinski definition) is 1. The predicted octanol–water partition coefficient (Wildman–Crippen LogP) is 5.91. The molecule has 6 nitrogen and oxygen atoms in total. The van der Waals surface area contributed by atoms with Crippen molar-refractivity contribution in [3.8, 4) is 5.75 Å². The molecule has 1 aliphatic rings. The first-order valence-corrected chi connectivity index (χ1v) is 11.7. The van der Waals surface area contributed by atoms with E-state index in [1.54, 1.807) is 36.4 Å². The van der Waals surface area contributed by atoms with Crippen molar-refractivity contribution in [3.05, 3.63) is 98.5 Å². The van der Waals surface area contributed by atoms with Crippen LogP contribution in [0.2, 0.25) is 5.02 Å². The molecular formula is C26H20BrClN2O4. The molecule has 8 heteroatoms. The molecule has 172 valence electrons. The number of rotatable bonds is 6. The number of halogens is 2. The van der Waals surface area contributed by atoms with Crippen molar-refractivity contribution >= 4 is 57.1 Å². The van der Waals surface area contributed by atoms with Gasteiger partial charge in [-0.1, -0.05) is 54.9 Å². The van der Waals surface area contributed by atoms with Crippen molar-refractivity contribution in [3.63, 3.8) is 0 Å². The molecule has 1 fully saturated rings. The maximum absolute atomic E-state index is 13.1. The SMILES string of the molecule is CCc1ccc(N2C(=O)NC(=O)/C(=C/c3ccc(OCc4ccccc4Cl)c(Br)c3)C2=O)cc1. The van der Waals surface area contributed by atoms with Crippen LogP contribution >= 0.6 is 27.5 Å². The van der Waals surface area contributed by atoms with Crippen LogP contribution in [0.5, 0.6) is 5.75 Å². The quantitative estimate of drug-likeness (QED) is 0.312. The third-order valence-corrected chi connectivity index (χ3v) is 6.30. The van der Waals surface area contributed by atoms with Gasteiger partial charge in [0.2, 0.25) is 0 Å². The largest absolute Gasteiger partial charge is 0.488 e. The van der Waals surface area contributed by atoms with Gasteiger partial charge in [-0.3, -0.25) is 14.9 Å². The molecule has 0 bridgehead atoms. The Labute approximate surface area is 210 Å². The maximum atomic E-state index is 13.1. The first-order valence-electron chi connectivity index (χ1n) is 10.5. The number of aryl methyl sites for hydroxylation is 1. The van der Waals surface area contributed by atoms with E-state index in [0.29, 0.717) is 26.5 Å². The lowest BCUT2D eigenvalue weighted by Crippen LogP contribution is -2.54. The molecule has 0 unspecified atom stereocenters. The zero-order valence-corrected chi connectivity index (χ0v) is 20.5. The molecule has 1 heterocycles. The second-order valence-electron chi connectivity index (χ2n) is 7.55. The fraction of sp³-hybridized carbons (Fsp3) is 0.115. The lowest BCUT2D eigenvalue weighted by molar-refractivity contribution is -0.122. The van der Waals surface area contributed by atoms with Crippen LogP contribution in [0.3, 0.4) is 0 Å². The first-order chi connectivity index (χ1) is 16.4. The Morgan fingerprint density at radius 3 is 2.44 bits per heavy atom. The minimum Gasteiger partial charge on any atom is -0.488 e. The first kappa shape index (κ1) is 23.7. The number of hydrogen-bond acceptors (Lipinski definition) is 4. The maximum Gasteiger partial charge on any atom is 0.335 e. The molecule has 4 rings (SSSR count). The van der Waals surface area contributed by atoms with Gasteiger partial charge in [0, 0.05) is 10.6 Å². The summed E-state index contributed by atoms with van der Waals surface area (Å²) in [4.78, 5) is 38.9. The van der Waals surface area contributed by atoms with E-state index in [9.17, 15) is 14.4 Å². The predicted molar refractivity (Wildman–Crippen MR) is 135 cm³/mol. The van der Waals surface area contributed by atoms with Crippen LogP contribution in [0, 0.1) is 0 Å². The summed E-state index contributed by atoms with van der Waals surface area (Å²) < 4.78 is 6.49. The molecule has 0 aliphatic carbocycles. The number of barbiturate groups is 1. The van der Waals surface area contributed by atoms with E-state index in [1.165, 1.54) is 6.08 Å². The number of amides is 4. The third-order valence-electron chi connectivity index (χ3n) is 5.31. The number of urea groups is 1. The van der Waals surface area contributed by atoms with Crippen LogP contribution in [0.15, 0.2) is 76.8 Å². The molecule has 3 aromatic carbocycles. The molecule has 1 N–H and O–H groups in total. The normalized spacial score (nSPS) is 15.0. The molecule has 0 atom stereocenters. The van der Waals surface area contributed by atoms with Gasteiger partial charge in [-0.25, -0.2) is 9.69 Å². The fourth-order valence-electron chi connectivity index (χ4n) is 3.43. The van der Waals surface area contributed by atoms with E-state index in [4.69, 9.17) is 16.3 Å². The van der Waals surface area contributed by atoms with Gasteiger partial charge in [0.1, 0.15) is 17.9 Å². The Morgan fingerprint density at radius 2 is 1.76 bits per heavy atom. The molecule has 1 saturated heterocycles. The highest BCUT2D eigenvalue weighted by Gasteiger charge is 2.36. The molecule has 4 amide bonds. The topological polar surface area (TPSA) is 75.7 Å². The molecule has 3 aromatic rings. The summed E-state index contributed by atoms with van der Waals surface area (Å²) in [6.45, 7) is 2.30. The van der Waals surface area contributed by atoms with Gasteiger partial charge >= 0.3 is 6.03 Å². The van der Waals surface area contributed by atoms with E-state index in [-0.39, 0.29) is 12.2 Å². The summed E-state index contributed by atoms with van der Waals surface area (Å²) in [7, 11) is 0. The van der Waals surface area contributed by atoms with Gasteiger partial charge in [-0.2, -0.15) is 0 Å². The van der Waals surface area contributed by atoms with Gasteiger partial charge in [-0.05, 0) is 69.9 Å². The number of carbonyl (C=O) groups is 3. The highest BCUT2D eigenvalue weighted by atomic mass is 79.9. The van der Waals surface area contributed by atoms with Crippen LogP contribution in [-0.2, 0) is 22.6 Å². The van der Waals surface area contributed by atoms with Crippen molar-refractivity contribution in [2.24, 2.45) is 0 Å². The van der Waals surface area contributed by atoms with Crippen LogP contribution in [0.4, 0.5) is 10.5 Å². The highest BCUT2D eigenvalue weighted by molar-refractivity contribution is 9.10. The van der Waals surface area contributed by atoms with Crippen molar-refractivity contribution < 1.29 is 19.1 Å². The van der Waals surface area contributed by atoms with Crippen LogP contribution < -0.4 is 15.0 Å². The van der Waals surface area contributed by atoms with Crippen molar-refractivity contribution in [1.29, 1.82) is 0 Å². The number of anilines is 1. The van der Waals surface area contributed by atoms with Crippen LogP contribution in [0.1, 0.15) is 23.6 Å². The molecule has 0 spiro atoms. The Kier molecular flexibility index (Phi) is 7.14. The van der Waals surface area contributed by atoms with Gasteiger partial charge in [-0.15, -0.1) is 0 Å². The smallest absolute Gasteiger partial charge is 0.335 e. The van der Waals surface area contributed by atoms with E-state index >= 15 is 0 Å². The number of nitrogens with one attached hydrogen (secondary N) is 1.